The molecule has 1 aliphatic carbocycles. The molecule has 21 heavy (non-hydrogen) atoms. The second-order valence-electron chi connectivity index (χ2n) is 6.15. The molecule has 4 heteroatoms. The van der Waals surface area contributed by atoms with Gasteiger partial charge in [0.2, 0.25) is 5.88 Å². The molecule has 1 aliphatic rings. The van der Waals surface area contributed by atoms with Crippen LogP contribution in [0.15, 0.2) is 36.5 Å². The van der Waals surface area contributed by atoms with Crippen LogP contribution in [0.2, 0.25) is 0 Å². The molecule has 1 fully saturated rings. The number of rotatable bonds is 3. The van der Waals surface area contributed by atoms with Crippen LogP contribution < -0.4 is 0 Å². The molecule has 0 radical (unpaired) electrons. The summed E-state index contributed by atoms with van der Waals surface area (Å²) in [6.07, 6.45) is 6.70. The third-order valence-corrected chi connectivity index (χ3v) is 4.52. The Balaban J connectivity index is 1.84. The minimum Gasteiger partial charge on any atom is -0.492 e. The fraction of sp³-hybridized carbons (Fsp3) is 0.471. The number of aromatic nitrogens is 2. The highest BCUT2D eigenvalue weighted by Crippen LogP contribution is 2.34. The number of benzene rings is 1. The summed E-state index contributed by atoms with van der Waals surface area (Å²) < 4.78 is 1.97. The predicted octanol–water partition coefficient (Wildman–Crippen LogP) is 3.30. The zero-order valence-electron chi connectivity index (χ0n) is 12.7. The first-order valence-corrected chi connectivity index (χ1v) is 7.65. The van der Waals surface area contributed by atoms with Gasteiger partial charge in [-0.2, -0.15) is 0 Å². The Morgan fingerprint density at radius 3 is 2.67 bits per heavy atom. The molecule has 4 nitrogen and oxygen atoms in total. The maximum Gasteiger partial charge on any atom is 0.238 e. The van der Waals surface area contributed by atoms with Crippen LogP contribution in [0.5, 0.6) is 5.88 Å². The van der Waals surface area contributed by atoms with E-state index in [4.69, 9.17) is 0 Å². The van der Waals surface area contributed by atoms with Crippen LogP contribution in [0.3, 0.4) is 0 Å². The predicted molar refractivity (Wildman–Crippen MR) is 84.3 cm³/mol. The molecule has 1 N–H and O–H groups in total. The molecular weight excluding hydrogens is 262 g/mol. The maximum atomic E-state index is 10.1. The molecule has 0 bridgehead atoms. The van der Waals surface area contributed by atoms with Crippen LogP contribution in [-0.4, -0.2) is 39.9 Å². The van der Waals surface area contributed by atoms with Gasteiger partial charge in [0, 0.05) is 12.2 Å². The first kappa shape index (κ1) is 14.1. The van der Waals surface area contributed by atoms with Gasteiger partial charge in [0.1, 0.15) is 0 Å². The zero-order valence-corrected chi connectivity index (χ0v) is 12.7. The van der Waals surface area contributed by atoms with Crippen molar-refractivity contribution in [2.24, 2.45) is 0 Å². The summed E-state index contributed by atoms with van der Waals surface area (Å²) in [6.45, 7) is 0. The van der Waals surface area contributed by atoms with E-state index in [1.165, 1.54) is 12.8 Å². The third-order valence-electron chi connectivity index (χ3n) is 4.52. The molecule has 1 heterocycles. The van der Waals surface area contributed by atoms with Crippen molar-refractivity contribution >= 4 is 0 Å². The molecule has 0 amide bonds. The second kappa shape index (κ2) is 5.90. The summed E-state index contributed by atoms with van der Waals surface area (Å²) in [5, 5.41) is 14.5. The summed E-state index contributed by atoms with van der Waals surface area (Å²) in [5.74, 6) is 0.133. The van der Waals surface area contributed by atoms with Crippen LogP contribution in [0, 0.1) is 0 Å². The smallest absolute Gasteiger partial charge is 0.238 e. The SMILES string of the molecule is CN(C)C1CCCC(n2cc(-c3ccccc3)c(O)n2)C1. The Kier molecular flexibility index (Phi) is 3.97. The number of aromatic hydroxyl groups is 1. The average Bonchev–Trinajstić information content (AvgIpc) is 2.90. The van der Waals surface area contributed by atoms with Gasteiger partial charge in [-0.3, -0.25) is 4.68 Å². The third kappa shape index (κ3) is 2.95. The van der Waals surface area contributed by atoms with Crippen molar-refractivity contribution in [2.75, 3.05) is 14.1 Å². The van der Waals surface area contributed by atoms with E-state index in [1.807, 2.05) is 41.2 Å². The van der Waals surface area contributed by atoms with Crippen molar-refractivity contribution < 1.29 is 5.11 Å². The molecule has 0 saturated heterocycles. The molecule has 2 aromatic rings. The van der Waals surface area contributed by atoms with Crippen molar-refractivity contribution in [1.29, 1.82) is 0 Å². The monoisotopic (exact) mass is 285 g/mol. The van der Waals surface area contributed by atoms with Gasteiger partial charge in [0.25, 0.3) is 0 Å². The van der Waals surface area contributed by atoms with Crippen molar-refractivity contribution in [3.8, 4) is 17.0 Å². The summed E-state index contributed by atoms with van der Waals surface area (Å²) in [5.41, 5.74) is 1.84. The lowest BCUT2D eigenvalue weighted by molar-refractivity contribution is 0.180. The van der Waals surface area contributed by atoms with Gasteiger partial charge < -0.3 is 10.0 Å². The van der Waals surface area contributed by atoms with Gasteiger partial charge in [-0.15, -0.1) is 5.10 Å². The topological polar surface area (TPSA) is 41.3 Å². The van der Waals surface area contributed by atoms with Crippen molar-refractivity contribution in [3.05, 3.63) is 36.5 Å². The quantitative estimate of drug-likeness (QED) is 0.940. The molecule has 1 aromatic heterocycles. The van der Waals surface area contributed by atoms with Crippen LogP contribution in [-0.2, 0) is 0 Å². The van der Waals surface area contributed by atoms with Gasteiger partial charge in [0.05, 0.1) is 11.6 Å². The molecule has 0 aliphatic heterocycles. The van der Waals surface area contributed by atoms with Gasteiger partial charge in [-0.25, -0.2) is 0 Å². The first-order valence-electron chi connectivity index (χ1n) is 7.65. The molecule has 1 aromatic carbocycles. The largest absolute Gasteiger partial charge is 0.492 e. The van der Waals surface area contributed by atoms with E-state index in [9.17, 15) is 5.11 Å². The van der Waals surface area contributed by atoms with E-state index in [0.717, 1.165) is 24.0 Å². The fourth-order valence-electron chi connectivity index (χ4n) is 3.24. The van der Waals surface area contributed by atoms with Crippen LogP contribution in [0.1, 0.15) is 31.7 Å². The molecule has 112 valence electrons. The number of hydrogen-bond acceptors (Lipinski definition) is 3. The minimum absolute atomic E-state index is 0.133. The highest BCUT2D eigenvalue weighted by Gasteiger charge is 2.26. The summed E-state index contributed by atoms with van der Waals surface area (Å²) >= 11 is 0. The lowest BCUT2D eigenvalue weighted by atomic mass is 9.90. The Morgan fingerprint density at radius 2 is 1.95 bits per heavy atom. The fourth-order valence-corrected chi connectivity index (χ4v) is 3.24. The van der Waals surface area contributed by atoms with E-state index in [2.05, 4.69) is 24.1 Å². The second-order valence-corrected chi connectivity index (χ2v) is 6.15. The van der Waals surface area contributed by atoms with E-state index in [-0.39, 0.29) is 5.88 Å². The van der Waals surface area contributed by atoms with Crippen molar-refractivity contribution in [3.63, 3.8) is 0 Å². The van der Waals surface area contributed by atoms with Gasteiger partial charge >= 0.3 is 0 Å². The average molecular weight is 285 g/mol. The van der Waals surface area contributed by atoms with E-state index < -0.39 is 0 Å². The molecule has 1 saturated carbocycles. The van der Waals surface area contributed by atoms with E-state index >= 15 is 0 Å². The number of nitrogens with zero attached hydrogens (tertiary/aromatic N) is 3. The minimum atomic E-state index is 0.133. The Labute approximate surface area is 126 Å². The van der Waals surface area contributed by atoms with Crippen molar-refractivity contribution in [1.82, 2.24) is 14.7 Å². The van der Waals surface area contributed by atoms with Gasteiger partial charge in [0.15, 0.2) is 0 Å². The molecular formula is C17H23N3O. The van der Waals surface area contributed by atoms with Crippen LogP contribution >= 0.6 is 0 Å². The lowest BCUT2D eigenvalue weighted by Crippen LogP contribution is -2.34. The highest BCUT2D eigenvalue weighted by atomic mass is 16.3. The summed E-state index contributed by atoms with van der Waals surface area (Å²) in [4.78, 5) is 2.30. The standard InChI is InChI=1S/C17H23N3O/c1-19(2)14-9-6-10-15(11-14)20-12-16(17(21)18-20)13-7-4-3-5-8-13/h3-5,7-8,12,14-15H,6,9-11H2,1-2H3,(H,18,21). The molecule has 3 rings (SSSR count). The Morgan fingerprint density at radius 1 is 1.19 bits per heavy atom. The molecule has 2 atom stereocenters. The summed E-state index contributed by atoms with van der Waals surface area (Å²) in [6, 6.07) is 10.9. The lowest BCUT2D eigenvalue weighted by Gasteiger charge is -2.33. The van der Waals surface area contributed by atoms with E-state index in [0.29, 0.717) is 12.1 Å². The van der Waals surface area contributed by atoms with Crippen molar-refractivity contribution in [2.45, 2.75) is 37.8 Å². The number of hydrogen-bond donors (Lipinski definition) is 1. The molecule has 2 unspecified atom stereocenters. The van der Waals surface area contributed by atoms with Gasteiger partial charge in [-0.1, -0.05) is 30.3 Å². The normalized spacial score (nSPS) is 22.6. The van der Waals surface area contributed by atoms with E-state index in [1.54, 1.807) is 0 Å². The molecule has 0 spiro atoms. The van der Waals surface area contributed by atoms with Gasteiger partial charge in [-0.05, 0) is 45.3 Å². The van der Waals surface area contributed by atoms with Crippen LogP contribution in [0.25, 0.3) is 11.1 Å². The first-order chi connectivity index (χ1) is 10.1. The Bertz CT molecular complexity index is 591. The van der Waals surface area contributed by atoms with Crippen LogP contribution in [0.4, 0.5) is 0 Å². The maximum absolute atomic E-state index is 10.1. The Hall–Kier alpha value is -1.81. The highest BCUT2D eigenvalue weighted by molar-refractivity contribution is 5.67. The zero-order chi connectivity index (χ0) is 14.8. The summed E-state index contributed by atoms with van der Waals surface area (Å²) in [7, 11) is 4.28.